The highest BCUT2D eigenvalue weighted by Crippen LogP contribution is 2.20. The minimum atomic E-state index is -0.453. The fourth-order valence-corrected chi connectivity index (χ4v) is 2.85. The van der Waals surface area contributed by atoms with E-state index in [2.05, 4.69) is 22.8 Å². The molecule has 1 amide bonds. The van der Waals surface area contributed by atoms with E-state index in [1.54, 1.807) is 0 Å². The molecule has 0 aromatic heterocycles. The third kappa shape index (κ3) is 5.68. The van der Waals surface area contributed by atoms with Gasteiger partial charge in [0.25, 0.3) is 0 Å². The minimum absolute atomic E-state index is 0.146. The van der Waals surface area contributed by atoms with Crippen LogP contribution in [0.25, 0.3) is 0 Å². The maximum atomic E-state index is 12.0. The summed E-state index contributed by atoms with van der Waals surface area (Å²) in [5, 5.41) is 6.62. The van der Waals surface area contributed by atoms with E-state index in [4.69, 9.17) is 4.74 Å². The van der Waals surface area contributed by atoms with Crippen LogP contribution in [0.4, 0.5) is 4.79 Å². The molecule has 1 saturated carbocycles. The third-order valence-corrected chi connectivity index (χ3v) is 3.88. The molecule has 1 aliphatic rings. The number of ether oxygens (including phenoxy) is 1. The molecule has 0 heterocycles. The summed E-state index contributed by atoms with van der Waals surface area (Å²) < 4.78 is 5.37. The zero-order valence-electron chi connectivity index (χ0n) is 13.9. The lowest BCUT2D eigenvalue weighted by Crippen LogP contribution is -2.52. The van der Waals surface area contributed by atoms with E-state index in [1.807, 2.05) is 39.0 Å². The van der Waals surface area contributed by atoms with E-state index < -0.39 is 5.60 Å². The molecule has 2 rings (SSSR count). The average molecular weight is 304 g/mol. The standard InChI is InChI=1S/C18H28N2O2/c1-18(2,3)22-17(21)20-16-12-8-7-11-15(16)19-13-14-9-5-4-6-10-14/h4-6,9-10,15-16,19H,7-8,11-13H2,1-3H3,(H,20,21)/t15-,16+/m0/s1. The van der Waals surface area contributed by atoms with Gasteiger partial charge in [0, 0.05) is 18.6 Å². The second kappa shape index (κ2) is 7.63. The largest absolute Gasteiger partial charge is 0.444 e. The lowest BCUT2D eigenvalue weighted by molar-refractivity contribution is 0.0479. The number of hydrogen-bond acceptors (Lipinski definition) is 3. The molecule has 1 aromatic rings. The molecular weight excluding hydrogens is 276 g/mol. The first-order valence-electron chi connectivity index (χ1n) is 8.21. The maximum Gasteiger partial charge on any atom is 0.407 e. The molecule has 0 radical (unpaired) electrons. The van der Waals surface area contributed by atoms with Crippen LogP contribution >= 0.6 is 0 Å². The van der Waals surface area contributed by atoms with E-state index in [-0.39, 0.29) is 12.1 Å². The van der Waals surface area contributed by atoms with Crippen LogP contribution in [-0.4, -0.2) is 23.8 Å². The molecule has 2 N–H and O–H groups in total. The van der Waals surface area contributed by atoms with E-state index in [0.717, 1.165) is 25.8 Å². The van der Waals surface area contributed by atoms with Crippen molar-refractivity contribution in [2.75, 3.05) is 0 Å². The second-order valence-corrected chi connectivity index (χ2v) is 7.01. The highest BCUT2D eigenvalue weighted by Gasteiger charge is 2.27. The van der Waals surface area contributed by atoms with E-state index in [1.165, 1.54) is 12.0 Å². The van der Waals surface area contributed by atoms with Crippen LogP contribution < -0.4 is 10.6 Å². The summed E-state index contributed by atoms with van der Waals surface area (Å²) in [6, 6.07) is 10.8. The first kappa shape index (κ1) is 16.8. The Labute approximate surface area is 133 Å². The molecule has 0 aliphatic heterocycles. The fraction of sp³-hybridized carbons (Fsp3) is 0.611. The predicted octanol–water partition coefficient (Wildman–Crippen LogP) is 3.61. The first-order chi connectivity index (χ1) is 10.4. The maximum absolute atomic E-state index is 12.0. The molecule has 1 aromatic carbocycles. The van der Waals surface area contributed by atoms with Crippen molar-refractivity contribution in [3.8, 4) is 0 Å². The second-order valence-electron chi connectivity index (χ2n) is 7.01. The Morgan fingerprint density at radius 1 is 1.14 bits per heavy atom. The van der Waals surface area contributed by atoms with Crippen molar-refractivity contribution in [3.63, 3.8) is 0 Å². The molecule has 122 valence electrons. The molecular formula is C18H28N2O2. The van der Waals surface area contributed by atoms with Crippen LogP contribution in [0, 0.1) is 0 Å². The normalized spacial score (nSPS) is 22.1. The molecule has 1 aliphatic carbocycles. The van der Waals surface area contributed by atoms with Gasteiger partial charge in [0.05, 0.1) is 0 Å². The predicted molar refractivity (Wildman–Crippen MR) is 88.7 cm³/mol. The molecule has 1 fully saturated rings. The number of amides is 1. The van der Waals surface area contributed by atoms with Gasteiger partial charge in [-0.15, -0.1) is 0 Å². The number of rotatable bonds is 4. The summed E-state index contributed by atoms with van der Waals surface area (Å²) in [6.07, 6.45) is 4.15. The van der Waals surface area contributed by atoms with Crippen molar-refractivity contribution >= 4 is 6.09 Å². The van der Waals surface area contributed by atoms with E-state index in [0.29, 0.717) is 6.04 Å². The Morgan fingerprint density at radius 3 is 2.41 bits per heavy atom. The van der Waals surface area contributed by atoms with Gasteiger partial charge in [0.2, 0.25) is 0 Å². The highest BCUT2D eigenvalue weighted by molar-refractivity contribution is 5.68. The van der Waals surface area contributed by atoms with E-state index in [9.17, 15) is 4.79 Å². The van der Waals surface area contributed by atoms with Crippen LogP contribution in [0.15, 0.2) is 30.3 Å². The Kier molecular flexibility index (Phi) is 5.83. The number of nitrogens with one attached hydrogen (secondary N) is 2. The lowest BCUT2D eigenvalue weighted by atomic mass is 9.90. The molecule has 0 saturated heterocycles. The minimum Gasteiger partial charge on any atom is -0.444 e. The van der Waals surface area contributed by atoms with Gasteiger partial charge in [-0.2, -0.15) is 0 Å². The zero-order valence-corrected chi connectivity index (χ0v) is 13.9. The Morgan fingerprint density at radius 2 is 1.77 bits per heavy atom. The highest BCUT2D eigenvalue weighted by atomic mass is 16.6. The van der Waals surface area contributed by atoms with Gasteiger partial charge in [-0.1, -0.05) is 43.2 Å². The van der Waals surface area contributed by atoms with Crippen molar-refractivity contribution < 1.29 is 9.53 Å². The Balaban J connectivity index is 1.86. The lowest BCUT2D eigenvalue weighted by Gasteiger charge is -2.33. The van der Waals surface area contributed by atoms with Gasteiger partial charge in [-0.05, 0) is 39.2 Å². The molecule has 2 atom stereocenters. The van der Waals surface area contributed by atoms with Gasteiger partial charge in [-0.25, -0.2) is 4.79 Å². The summed E-state index contributed by atoms with van der Waals surface area (Å²) in [5.74, 6) is 0. The van der Waals surface area contributed by atoms with Crippen molar-refractivity contribution in [1.82, 2.24) is 10.6 Å². The van der Waals surface area contributed by atoms with Crippen LogP contribution in [0.1, 0.15) is 52.0 Å². The fourth-order valence-electron chi connectivity index (χ4n) is 2.85. The van der Waals surface area contributed by atoms with Crippen molar-refractivity contribution in [3.05, 3.63) is 35.9 Å². The number of hydrogen-bond donors (Lipinski definition) is 2. The Hall–Kier alpha value is -1.55. The van der Waals surface area contributed by atoms with Crippen molar-refractivity contribution in [2.45, 2.75) is 70.7 Å². The third-order valence-electron chi connectivity index (χ3n) is 3.88. The smallest absolute Gasteiger partial charge is 0.407 e. The first-order valence-corrected chi connectivity index (χ1v) is 8.21. The quantitative estimate of drug-likeness (QED) is 0.893. The van der Waals surface area contributed by atoms with Gasteiger partial charge in [0.1, 0.15) is 5.60 Å². The summed E-state index contributed by atoms with van der Waals surface area (Å²) in [6.45, 7) is 6.49. The van der Waals surface area contributed by atoms with Gasteiger partial charge >= 0.3 is 6.09 Å². The molecule has 0 bridgehead atoms. The van der Waals surface area contributed by atoms with Crippen LogP contribution in [0.2, 0.25) is 0 Å². The summed E-state index contributed by atoms with van der Waals surface area (Å²) in [5.41, 5.74) is 0.815. The molecule has 22 heavy (non-hydrogen) atoms. The number of benzene rings is 1. The summed E-state index contributed by atoms with van der Waals surface area (Å²) in [7, 11) is 0. The summed E-state index contributed by atoms with van der Waals surface area (Å²) in [4.78, 5) is 12.0. The SMILES string of the molecule is CC(C)(C)OC(=O)N[C@@H]1CCCC[C@@H]1NCc1ccccc1. The molecule has 0 spiro atoms. The number of carbonyl (C=O) groups excluding carboxylic acids is 1. The van der Waals surface area contributed by atoms with Crippen LogP contribution in [0.5, 0.6) is 0 Å². The van der Waals surface area contributed by atoms with Crippen molar-refractivity contribution in [1.29, 1.82) is 0 Å². The Bertz CT molecular complexity index is 468. The van der Waals surface area contributed by atoms with Gasteiger partial charge in [0.15, 0.2) is 0 Å². The average Bonchev–Trinajstić information content (AvgIpc) is 2.45. The number of alkyl carbamates (subject to hydrolysis) is 1. The van der Waals surface area contributed by atoms with Gasteiger partial charge < -0.3 is 15.4 Å². The molecule has 0 unspecified atom stereocenters. The van der Waals surface area contributed by atoms with Gasteiger partial charge in [-0.3, -0.25) is 0 Å². The monoisotopic (exact) mass is 304 g/mol. The van der Waals surface area contributed by atoms with Crippen LogP contribution in [0.3, 0.4) is 0 Å². The van der Waals surface area contributed by atoms with E-state index >= 15 is 0 Å². The van der Waals surface area contributed by atoms with Crippen molar-refractivity contribution in [2.24, 2.45) is 0 Å². The molecule has 4 heteroatoms. The molecule has 4 nitrogen and oxygen atoms in total. The topological polar surface area (TPSA) is 50.4 Å². The summed E-state index contributed by atoms with van der Waals surface area (Å²) >= 11 is 0. The number of carbonyl (C=O) groups is 1. The zero-order chi connectivity index (χ0) is 16.0. The van der Waals surface area contributed by atoms with Crippen LogP contribution in [-0.2, 0) is 11.3 Å².